The molecule has 2 unspecified atom stereocenters. The summed E-state index contributed by atoms with van der Waals surface area (Å²) in [5, 5.41) is 13.8. The predicted molar refractivity (Wildman–Crippen MR) is 68.3 cm³/mol. The number of hydrogen-bond donors (Lipinski definition) is 4. The summed E-state index contributed by atoms with van der Waals surface area (Å²) in [4.78, 5) is 0. The average molecular weight is 222 g/mol. The second-order valence-electron chi connectivity index (χ2n) is 4.20. The minimum Gasteiger partial charge on any atom is -0.375 e. The monoisotopic (exact) mass is 222 g/mol. The molecule has 90 valence electrons. The maximum atomic E-state index is 7.27. The van der Waals surface area contributed by atoms with E-state index in [-0.39, 0.29) is 12.1 Å². The van der Waals surface area contributed by atoms with Crippen molar-refractivity contribution in [1.29, 1.82) is 5.41 Å². The van der Waals surface area contributed by atoms with Gasteiger partial charge in [-0.2, -0.15) is 0 Å². The van der Waals surface area contributed by atoms with Crippen LogP contribution in [0.25, 0.3) is 0 Å². The molecule has 0 amide bonds. The van der Waals surface area contributed by atoms with E-state index in [1.54, 1.807) is 0 Å². The molecule has 0 aromatic heterocycles. The maximum Gasteiger partial charge on any atom is 0.0830 e. The van der Waals surface area contributed by atoms with Gasteiger partial charge in [0, 0.05) is 18.4 Å². The second kappa shape index (κ2) is 6.45. The minimum absolute atomic E-state index is 0.121. The summed E-state index contributed by atoms with van der Waals surface area (Å²) in [7, 11) is 1.94. The third kappa shape index (κ3) is 3.18. The Kier molecular flexibility index (Phi) is 5.22. The van der Waals surface area contributed by atoms with Gasteiger partial charge >= 0.3 is 0 Å². The quantitative estimate of drug-likeness (QED) is 0.397. The lowest BCUT2D eigenvalue weighted by atomic mass is 9.86. The lowest BCUT2D eigenvalue weighted by Gasteiger charge is -2.32. The van der Waals surface area contributed by atoms with Gasteiger partial charge in [0.05, 0.1) is 6.17 Å². The summed E-state index contributed by atoms with van der Waals surface area (Å²) in [6, 6.07) is 0. The van der Waals surface area contributed by atoms with E-state index in [1.807, 2.05) is 13.2 Å². The molecule has 1 aliphatic rings. The first-order valence-electron chi connectivity index (χ1n) is 5.69. The molecule has 4 heteroatoms. The summed E-state index contributed by atoms with van der Waals surface area (Å²) < 4.78 is 0. The van der Waals surface area contributed by atoms with E-state index < -0.39 is 0 Å². The normalized spacial score (nSPS) is 25.9. The molecular formula is C12H22N4. The Morgan fingerprint density at radius 3 is 3.12 bits per heavy atom. The van der Waals surface area contributed by atoms with Crippen LogP contribution >= 0.6 is 0 Å². The molecule has 1 aliphatic heterocycles. The van der Waals surface area contributed by atoms with Crippen molar-refractivity contribution in [2.45, 2.75) is 19.0 Å². The number of allylic oxidation sites excluding steroid dienone is 1. The summed E-state index contributed by atoms with van der Waals surface area (Å²) in [6.07, 6.45) is 7.55. The molecule has 1 rings (SSSR count). The maximum absolute atomic E-state index is 7.27. The molecule has 16 heavy (non-hydrogen) atoms. The van der Waals surface area contributed by atoms with Crippen molar-refractivity contribution in [2.75, 3.05) is 13.6 Å². The fourth-order valence-electron chi connectivity index (χ4n) is 2.02. The standard InChI is InChI=1S/C12H22N4/c1-9(6-10(7-13)8-14)11-4-3-5-16-12(11)15-2/h3,5,7,10-13,15-16H,1,4,6,8,14H2,2H3/t10?,11?,12-/m0/s1. The van der Waals surface area contributed by atoms with Gasteiger partial charge in [0.25, 0.3) is 0 Å². The Morgan fingerprint density at radius 2 is 2.56 bits per heavy atom. The first kappa shape index (κ1) is 12.9. The molecule has 0 aliphatic carbocycles. The topological polar surface area (TPSA) is 73.9 Å². The largest absolute Gasteiger partial charge is 0.375 e. The number of rotatable bonds is 6. The van der Waals surface area contributed by atoms with Gasteiger partial charge in [0.15, 0.2) is 0 Å². The van der Waals surface area contributed by atoms with Crippen LogP contribution in [0.2, 0.25) is 0 Å². The molecule has 0 bridgehead atoms. The minimum atomic E-state index is 0.121. The van der Waals surface area contributed by atoms with E-state index in [2.05, 4.69) is 23.3 Å². The van der Waals surface area contributed by atoms with E-state index in [9.17, 15) is 0 Å². The van der Waals surface area contributed by atoms with Gasteiger partial charge in [-0.3, -0.25) is 0 Å². The molecule has 4 nitrogen and oxygen atoms in total. The predicted octanol–water partition coefficient (Wildman–Crippen LogP) is 0.826. The van der Waals surface area contributed by atoms with E-state index in [0.29, 0.717) is 12.5 Å². The fourth-order valence-corrected chi connectivity index (χ4v) is 2.02. The Morgan fingerprint density at radius 1 is 1.81 bits per heavy atom. The molecule has 1 heterocycles. The zero-order valence-electron chi connectivity index (χ0n) is 9.87. The smallest absolute Gasteiger partial charge is 0.0830 e. The van der Waals surface area contributed by atoms with Crippen molar-refractivity contribution in [2.24, 2.45) is 17.6 Å². The molecule has 0 saturated carbocycles. The van der Waals surface area contributed by atoms with Gasteiger partial charge in [0.2, 0.25) is 0 Å². The van der Waals surface area contributed by atoms with E-state index in [4.69, 9.17) is 11.1 Å². The summed E-state index contributed by atoms with van der Waals surface area (Å²) >= 11 is 0. The van der Waals surface area contributed by atoms with Crippen LogP contribution in [0.3, 0.4) is 0 Å². The third-order valence-corrected chi connectivity index (χ3v) is 3.08. The zero-order valence-corrected chi connectivity index (χ0v) is 9.87. The summed E-state index contributed by atoms with van der Waals surface area (Å²) in [5.74, 6) is 0.500. The Hall–Kier alpha value is -1.13. The van der Waals surface area contributed by atoms with Gasteiger partial charge in [-0.1, -0.05) is 18.2 Å². The second-order valence-corrected chi connectivity index (χ2v) is 4.20. The van der Waals surface area contributed by atoms with Crippen LogP contribution in [0, 0.1) is 17.2 Å². The SMILES string of the molecule is C=C(CC(C=N)CN)C1CC=CN[C@@H]1NC. The van der Waals surface area contributed by atoms with Crippen LogP contribution in [0.15, 0.2) is 24.4 Å². The van der Waals surface area contributed by atoms with Gasteiger partial charge in [-0.25, -0.2) is 0 Å². The molecular weight excluding hydrogens is 200 g/mol. The molecule has 0 fully saturated rings. The van der Waals surface area contributed by atoms with Crippen LogP contribution in [-0.2, 0) is 0 Å². The van der Waals surface area contributed by atoms with Crippen molar-refractivity contribution in [3.8, 4) is 0 Å². The Labute approximate surface area is 97.5 Å². The lowest BCUT2D eigenvalue weighted by Crippen LogP contribution is -2.46. The van der Waals surface area contributed by atoms with E-state index in [0.717, 1.165) is 18.4 Å². The Balaban J connectivity index is 2.57. The van der Waals surface area contributed by atoms with Crippen molar-refractivity contribution < 1.29 is 0 Å². The van der Waals surface area contributed by atoms with E-state index >= 15 is 0 Å². The van der Waals surface area contributed by atoms with Crippen molar-refractivity contribution in [3.05, 3.63) is 24.4 Å². The highest BCUT2D eigenvalue weighted by molar-refractivity contribution is 5.57. The third-order valence-electron chi connectivity index (χ3n) is 3.08. The summed E-state index contributed by atoms with van der Waals surface area (Å²) in [5.41, 5.74) is 6.75. The molecule has 5 N–H and O–H groups in total. The average Bonchev–Trinajstić information content (AvgIpc) is 2.35. The van der Waals surface area contributed by atoms with Gasteiger partial charge in [-0.15, -0.1) is 0 Å². The first-order chi connectivity index (χ1) is 7.72. The molecule has 0 saturated heterocycles. The van der Waals surface area contributed by atoms with Gasteiger partial charge < -0.3 is 21.8 Å². The number of nitrogens with two attached hydrogens (primary N) is 1. The van der Waals surface area contributed by atoms with Gasteiger partial charge in [0.1, 0.15) is 0 Å². The number of nitrogens with one attached hydrogen (secondary N) is 3. The fraction of sp³-hybridized carbons (Fsp3) is 0.583. The van der Waals surface area contributed by atoms with E-state index in [1.165, 1.54) is 6.21 Å². The van der Waals surface area contributed by atoms with Crippen molar-refractivity contribution in [3.63, 3.8) is 0 Å². The highest BCUT2D eigenvalue weighted by Crippen LogP contribution is 2.25. The highest BCUT2D eigenvalue weighted by atomic mass is 15.1. The zero-order chi connectivity index (χ0) is 12.0. The van der Waals surface area contributed by atoms with Gasteiger partial charge in [-0.05, 0) is 32.3 Å². The summed E-state index contributed by atoms with van der Waals surface area (Å²) in [6.45, 7) is 4.66. The number of hydrogen-bond acceptors (Lipinski definition) is 4. The van der Waals surface area contributed by atoms with Crippen LogP contribution in [-0.4, -0.2) is 26.0 Å². The van der Waals surface area contributed by atoms with Crippen LogP contribution in [0.1, 0.15) is 12.8 Å². The first-order valence-corrected chi connectivity index (χ1v) is 5.69. The molecule has 0 aromatic rings. The van der Waals surface area contributed by atoms with Crippen LogP contribution in [0.4, 0.5) is 0 Å². The van der Waals surface area contributed by atoms with Crippen molar-refractivity contribution >= 4 is 6.21 Å². The highest BCUT2D eigenvalue weighted by Gasteiger charge is 2.24. The molecule has 0 spiro atoms. The Bertz CT molecular complexity index is 272. The molecule has 0 radical (unpaired) electrons. The molecule has 0 aromatic carbocycles. The molecule has 3 atom stereocenters. The van der Waals surface area contributed by atoms with Crippen molar-refractivity contribution in [1.82, 2.24) is 10.6 Å². The van der Waals surface area contributed by atoms with Crippen LogP contribution in [0.5, 0.6) is 0 Å². The lowest BCUT2D eigenvalue weighted by molar-refractivity contribution is 0.360. The van der Waals surface area contributed by atoms with Crippen LogP contribution < -0.4 is 16.4 Å².